The minimum Gasteiger partial charge on any atom is -0.493 e. The van der Waals surface area contributed by atoms with Crippen LogP contribution in [0.15, 0.2) is 24.3 Å². The number of aryl methyl sites for hydroxylation is 1. The summed E-state index contributed by atoms with van der Waals surface area (Å²) in [6.45, 7) is 2.29. The molecular weight excluding hydrogens is 290 g/mol. The van der Waals surface area contributed by atoms with Gasteiger partial charge in [0, 0.05) is 6.42 Å². The van der Waals surface area contributed by atoms with Crippen molar-refractivity contribution in [3.63, 3.8) is 0 Å². The molecule has 21 heavy (non-hydrogen) atoms. The Kier molecular flexibility index (Phi) is 5.51. The molecule has 0 bridgehead atoms. The van der Waals surface area contributed by atoms with Gasteiger partial charge in [-0.1, -0.05) is 23.5 Å². The summed E-state index contributed by atoms with van der Waals surface area (Å²) in [6, 6.07) is 7.42. The number of nitrogens with zero attached hydrogens (tertiary/aromatic N) is 2. The van der Waals surface area contributed by atoms with Gasteiger partial charge in [0.1, 0.15) is 5.01 Å². The molecule has 0 saturated carbocycles. The molecule has 7 heteroatoms. The van der Waals surface area contributed by atoms with Gasteiger partial charge in [0.2, 0.25) is 11.0 Å². The van der Waals surface area contributed by atoms with Gasteiger partial charge in [-0.3, -0.25) is 4.79 Å². The summed E-state index contributed by atoms with van der Waals surface area (Å²) in [4.78, 5) is 11.7. The van der Waals surface area contributed by atoms with Gasteiger partial charge in [-0.15, -0.1) is 10.2 Å². The second kappa shape index (κ2) is 7.58. The van der Waals surface area contributed by atoms with E-state index in [1.54, 1.807) is 7.11 Å². The minimum absolute atomic E-state index is 0.0882. The smallest absolute Gasteiger partial charge is 0.226 e. The second-order valence-electron chi connectivity index (χ2n) is 4.28. The standard InChI is InChI=1S/C14H17N3O3S/c1-10-16-17-14(21-10)15-13(18)8-5-9-20-12-7-4-3-6-11(12)19-2/h3-4,6-7H,5,8-9H2,1-2H3,(H,15,17,18). The molecule has 1 amide bonds. The molecule has 0 fully saturated rings. The van der Waals surface area contributed by atoms with Crippen molar-refractivity contribution in [1.29, 1.82) is 0 Å². The van der Waals surface area contributed by atoms with Crippen molar-refractivity contribution < 1.29 is 14.3 Å². The summed E-state index contributed by atoms with van der Waals surface area (Å²) < 4.78 is 10.8. The summed E-state index contributed by atoms with van der Waals surface area (Å²) >= 11 is 1.36. The van der Waals surface area contributed by atoms with E-state index in [0.29, 0.717) is 36.1 Å². The SMILES string of the molecule is COc1ccccc1OCCCC(=O)Nc1nnc(C)s1. The molecule has 0 aliphatic heterocycles. The molecule has 0 aliphatic carbocycles. The number of methoxy groups -OCH3 is 1. The molecular formula is C14H17N3O3S. The lowest BCUT2D eigenvalue weighted by Gasteiger charge is -2.09. The first-order chi connectivity index (χ1) is 10.2. The molecule has 2 aromatic rings. The third kappa shape index (κ3) is 4.71. The molecule has 1 N–H and O–H groups in total. The predicted octanol–water partition coefficient (Wildman–Crippen LogP) is 2.65. The first kappa shape index (κ1) is 15.2. The second-order valence-corrected chi connectivity index (χ2v) is 5.46. The number of carbonyl (C=O) groups is 1. The zero-order valence-electron chi connectivity index (χ0n) is 12.0. The van der Waals surface area contributed by atoms with Gasteiger partial charge < -0.3 is 14.8 Å². The zero-order valence-corrected chi connectivity index (χ0v) is 12.8. The number of hydrogen-bond donors (Lipinski definition) is 1. The Bertz CT molecular complexity index is 601. The number of benzene rings is 1. The van der Waals surface area contributed by atoms with Crippen LogP contribution in [0.25, 0.3) is 0 Å². The van der Waals surface area contributed by atoms with E-state index in [2.05, 4.69) is 15.5 Å². The first-order valence-electron chi connectivity index (χ1n) is 6.55. The third-order valence-corrected chi connectivity index (χ3v) is 3.40. The molecule has 0 unspecified atom stereocenters. The van der Waals surface area contributed by atoms with Crippen molar-refractivity contribution in [3.05, 3.63) is 29.3 Å². The summed E-state index contributed by atoms with van der Waals surface area (Å²) in [7, 11) is 1.60. The van der Waals surface area contributed by atoms with Crippen molar-refractivity contribution >= 4 is 22.4 Å². The summed E-state index contributed by atoms with van der Waals surface area (Å²) in [5.74, 6) is 1.28. The topological polar surface area (TPSA) is 73.3 Å². The van der Waals surface area contributed by atoms with Gasteiger partial charge in [0.25, 0.3) is 0 Å². The molecule has 0 spiro atoms. The van der Waals surface area contributed by atoms with E-state index in [0.717, 1.165) is 5.01 Å². The van der Waals surface area contributed by atoms with Gasteiger partial charge in [-0.05, 0) is 25.5 Å². The van der Waals surface area contributed by atoms with E-state index < -0.39 is 0 Å². The number of aromatic nitrogens is 2. The van der Waals surface area contributed by atoms with E-state index in [4.69, 9.17) is 9.47 Å². The monoisotopic (exact) mass is 307 g/mol. The fourth-order valence-electron chi connectivity index (χ4n) is 1.68. The molecule has 2 rings (SSSR count). The number of ether oxygens (including phenoxy) is 2. The number of nitrogens with one attached hydrogen (secondary N) is 1. The maximum atomic E-state index is 11.7. The number of anilines is 1. The average molecular weight is 307 g/mol. The van der Waals surface area contributed by atoms with Crippen LogP contribution in [0.2, 0.25) is 0 Å². The largest absolute Gasteiger partial charge is 0.493 e. The fourth-order valence-corrected chi connectivity index (χ4v) is 2.29. The molecule has 0 saturated heterocycles. The van der Waals surface area contributed by atoms with E-state index in [1.165, 1.54) is 11.3 Å². The molecule has 112 valence electrons. The molecule has 0 radical (unpaired) electrons. The van der Waals surface area contributed by atoms with Crippen LogP contribution in [0, 0.1) is 6.92 Å². The number of rotatable bonds is 7. The van der Waals surface area contributed by atoms with Crippen molar-refractivity contribution in [2.75, 3.05) is 19.0 Å². The van der Waals surface area contributed by atoms with Crippen molar-refractivity contribution in [1.82, 2.24) is 10.2 Å². The van der Waals surface area contributed by atoms with E-state index in [-0.39, 0.29) is 5.91 Å². The summed E-state index contributed by atoms with van der Waals surface area (Å²) in [6.07, 6.45) is 0.982. The van der Waals surface area contributed by atoms with Crippen LogP contribution >= 0.6 is 11.3 Å². The quantitative estimate of drug-likeness (QED) is 0.796. The van der Waals surface area contributed by atoms with E-state index in [1.807, 2.05) is 31.2 Å². The lowest BCUT2D eigenvalue weighted by Crippen LogP contribution is -2.12. The van der Waals surface area contributed by atoms with Crippen LogP contribution in [0.1, 0.15) is 17.8 Å². The molecule has 1 aromatic carbocycles. The Labute approximate surface area is 127 Å². The molecule has 0 atom stereocenters. The van der Waals surface area contributed by atoms with Crippen molar-refractivity contribution in [2.24, 2.45) is 0 Å². The zero-order chi connectivity index (χ0) is 15.1. The highest BCUT2D eigenvalue weighted by atomic mass is 32.1. The third-order valence-electron chi connectivity index (χ3n) is 2.65. The Hall–Kier alpha value is -2.15. The van der Waals surface area contributed by atoms with Gasteiger partial charge in [0.15, 0.2) is 11.5 Å². The highest BCUT2D eigenvalue weighted by molar-refractivity contribution is 7.15. The van der Waals surface area contributed by atoms with Crippen LogP contribution in [-0.2, 0) is 4.79 Å². The van der Waals surface area contributed by atoms with Gasteiger partial charge >= 0.3 is 0 Å². The Morgan fingerprint density at radius 3 is 2.71 bits per heavy atom. The highest BCUT2D eigenvalue weighted by Gasteiger charge is 2.07. The van der Waals surface area contributed by atoms with Crippen LogP contribution < -0.4 is 14.8 Å². The highest BCUT2D eigenvalue weighted by Crippen LogP contribution is 2.25. The molecule has 1 aromatic heterocycles. The maximum Gasteiger partial charge on any atom is 0.226 e. The van der Waals surface area contributed by atoms with Crippen molar-refractivity contribution in [3.8, 4) is 11.5 Å². The Morgan fingerprint density at radius 1 is 1.29 bits per heavy atom. The minimum atomic E-state index is -0.0882. The molecule has 6 nitrogen and oxygen atoms in total. The molecule has 0 aliphatic rings. The van der Waals surface area contributed by atoms with Gasteiger partial charge in [-0.2, -0.15) is 0 Å². The van der Waals surface area contributed by atoms with E-state index in [9.17, 15) is 4.79 Å². The summed E-state index contributed by atoms with van der Waals surface area (Å²) in [5.41, 5.74) is 0. The lowest BCUT2D eigenvalue weighted by atomic mass is 10.3. The first-order valence-corrected chi connectivity index (χ1v) is 7.36. The number of carbonyl (C=O) groups excluding carboxylic acids is 1. The average Bonchev–Trinajstić information content (AvgIpc) is 2.89. The Morgan fingerprint density at radius 2 is 2.05 bits per heavy atom. The van der Waals surface area contributed by atoms with Crippen LogP contribution in [0.4, 0.5) is 5.13 Å². The number of hydrogen-bond acceptors (Lipinski definition) is 6. The van der Waals surface area contributed by atoms with Crippen molar-refractivity contribution in [2.45, 2.75) is 19.8 Å². The maximum absolute atomic E-state index is 11.7. The molecule has 1 heterocycles. The Balaban J connectivity index is 1.71. The predicted molar refractivity (Wildman–Crippen MR) is 81.0 cm³/mol. The normalized spacial score (nSPS) is 10.2. The van der Waals surface area contributed by atoms with Gasteiger partial charge in [-0.25, -0.2) is 0 Å². The van der Waals surface area contributed by atoms with E-state index >= 15 is 0 Å². The fraction of sp³-hybridized carbons (Fsp3) is 0.357. The number of amides is 1. The van der Waals surface area contributed by atoms with Crippen LogP contribution in [-0.4, -0.2) is 29.8 Å². The summed E-state index contributed by atoms with van der Waals surface area (Å²) in [5, 5.41) is 11.7. The van der Waals surface area contributed by atoms with Crippen LogP contribution in [0.3, 0.4) is 0 Å². The number of para-hydroxylation sites is 2. The lowest BCUT2D eigenvalue weighted by molar-refractivity contribution is -0.116. The van der Waals surface area contributed by atoms with Gasteiger partial charge in [0.05, 0.1) is 13.7 Å². The van der Waals surface area contributed by atoms with Crippen LogP contribution in [0.5, 0.6) is 11.5 Å².